The summed E-state index contributed by atoms with van der Waals surface area (Å²) in [6, 6.07) is 25.3. The Labute approximate surface area is 183 Å². The fourth-order valence-corrected chi connectivity index (χ4v) is 5.66. The summed E-state index contributed by atoms with van der Waals surface area (Å²) in [6.45, 7) is 6.52. The molecule has 0 fully saturated rings. The van der Waals surface area contributed by atoms with Gasteiger partial charge in [0, 0.05) is 35.2 Å². The van der Waals surface area contributed by atoms with Crippen LogP contribution in [-0.4, -0.2) is 24.3 Å². The molecule has 0 saturated heterocycles. The second-order valence-electron chi connectivity index (χ2n) is 9.20. The van der Waals surface area contributed by atoms with Gasteiger partial charge < -0.3 is 10.0 Å². The van der Waals surface area contributed by atoms with Crippen LogP contribution < -0.4 is 10.2 Å². The van der Waals surface area contributed by atoms with Crippen molar-refractivity contribution in [1.29, 1.82) is 0 Å². The minimum absolute atomic E-state index is 0.113. The number of carboxylic acid groups (broad SMARTS) is 1. The van der Waals surface area contributed by atoms with E-state index in [9.17, 15) is 9.90 Å². The van der Waals surface area contributed by atoms with Crippen LogP contribution in [0.15, 0.2) is 72.8 Å². The molecule has 3 aromatic carbocycles. The van der Waals surface area contributed by atoms with Crippen LogP contribution in [0.2, 0.25) is 0 Å². The van der Waals surface area contributed by atoms with Crippen molar-refractivity contribution in [2.75, 3.05) is 23.3 Å². The van der Waals surface area contributed by atoms with Crippen molar-refractivity contribution in [3.05, 3.63) is 95.1 Å². The van der Waals surface area contributed by atoms with Crippen molar-refractivity contribution in [3.8, 4) is 0 Å². The summed E-state index contributed by atoms with van der Waals surface area (Å²) in [6.07, 6.45) is 0.964. The first-order valence-corrected chi connectivity index (χ1v) is 11.0. The number of hydrogen-bond donors (Lipinski definition) is 2. The predicted molar refractivity (Wildman–Crippen MR) is 125 cm³/mol. The Kier molecular flexibility index (Phi) is 4.54. The lowest BCUT2D eigenvalue weighted by Crippen LogP contribution is -2.47. The van der Waals surface area contributed by atoms with Gasteiger partial charge in [-0.15, -0.1) is 0 Å². The third-order valence-electron chi connectivity index (χ3n) is 7.47. The number of nitrogens with one attached hydrogen (secondary N) is 1. The van der Waals surface area contributed by atoms with Crippen LogP contribution in [0.1, 0.15) is 48.9 Å². The van der Waals surface area contributed by atoms with Crippen molar-refractivity contribution in [2.45, 2.75) is 37.5 Å². The number of benzene rings is 3. The molecule has 4 nitrogen and oxygen atoms in total. The Balaban J connectivity index is 1.79. The lowest BCUT2D eigenvalue weighted by atomic mass is 9.64. The van der Waals surface area contributed by atoms with Crippen LogP contribution >= 0.6 is 0 Å². The quantitative estimate of drug-likeness (QED) is 0.554. The second-order valence-corrected chi connectivity index (χ2v) is 9.20. The molecule has 4 heteroatoms. The molecule has 0 bridgehead atoms. The number of amides is 1. The fraction of sp³-hybridized carbons (Fsp3) is 0.296. The third-order valence-corrected chi connectivity index (χ3v) is 7.47. The van der Waals surface area contributed by atoms with Crippen molar-refractivity contribution in [3.63, 3.8) is 0 Å². The molecule has 1 amide bonds. The lowest BCUT2D eigenvalue weighted by molar-refractivity contribution is 0.209. The van der Waals surface area contributed by atoms with Gasteiger partial charge in [0.1, 0.15) is 0 Å². The van der Waals surface area contributed by atoms with Gasteiger partial charge >= 0.3 is 6.09 Å². The molecular formula is C27H28N2O2. The van der Waals surface area contributed by atoms with E-state index in [1.165, 1.54) is 22.4 Å². The molecule has 0 aromatic heterocycles. The van der Waals surface area contributed by atoms with Gasteiger partial charge in [-0.3, -0.25) is 5.32 Å². The Morgan fingerprint density at radius 3 is 1.97 bits per heavy atom. The molecule has 5 rings (SSSR count). The zero-order chi connectivity index (χ0) is 21.6. The predicted octanol–water partition coefficient (Wildman–Crippen LogP) is 6.00. The lowest BCUT2D eigenvalue weighted by Gasteiger charge is -2.50. The van der Waals surface area contributed by atoms with Crippen LogP contribution in [0.5, 0.6) is 0 Å². The number of anilines is 2. The highest BCUT2D eigenvalue weighted by atomic mass is 16.4. The van der Waals surface area contributed by atoms with Crippen LogP contribution in [0.4, 0.5) is 16.2 Å². The molecule has 2 aliphatic rings. The minimum atomic E-state index is -1.02. The number of hydrogen-bond acceptors (Lipinski definition) is 2. The molecule has 3 aromatic rings. The molecule has 0 radical (unpaired) electrons. The Morgan fingerprint density at radius 1 is 0.839 bits per heavy atom. The summed E-state index contributed by atoms with van der Waals surface area (Å²) in [5.41, 5.74) is 6.45. The number of rotatable bonds is 3. The zero-order valence-electron chi connectivity index (χ0n) is 18.1. The zero-order valence-corrected chi connectivity index (χ0v) is 18.1. The highest BCUT2D eigenvalue weighted by molar-refractivity contribution is 5.89. The summed E-state index contributed by atoms with van der Waals surface area (Å²) in [5, 5.41) is 12.3. The maximum absolute atomic E-state index is 11.7. The Hall–Kier alpha value is -3.27. The van der Waals surface area contributed by atoms with Gasteiger partial charge in [0.15, 0.2) is 0 Å². The average Bonchev–Trinajstić information content (AvgIpc) is 2.79. The maximum atomic E-state index is 11.7. The summed E-state index contributed by atoms with van der Waals surface area (Å²) in [7, 11) is 0. The summed E-state index contributed by atoms with van der Waals surface area (Å²) in [4.78, 5) is 14.1. The van der Waals surface area contributed by atoms with E-state index in [1.807, 2.05) is 12.1 Å². The first-order chi connectivity index (χ1) is 14.9. The molecule has 158 valence electrons. The molecule has 0 spiro atoms. The van der Waals surface area contributed by atoms with E-state index in [1.54, 1.807) is 0 Å². The Bertz CT molecular complexity index is 1130. The van der Waals surface area contributed by atoms with Crippen LogP contribution in [0, 0.1) is 0 Å². The largest absolute Gasteiger partial charge is 0.465 e. The first-order valence-electron chi connectivity index (χ1n) is 11.0. The van der Waals surface area contributed by atoms with Crippen molar-refractivity contribution in [1.82, 2.24) is 0 Å². The van der Waals surface area contributed by atoms with E-state index in [4.69, 9.17) is 0 Å². The van der Waals surface area contributed by atoms with Crippen LogP contribution in [0.3, 0.4) is 0 Å². The van der Waals surface area contributed by atoms with Gasteiger partial charge in [0.05, 0.1) is 5.69 Å². The van der Waals surface area contributed by atoms with Gasteiger partial charge in [-0.1, -0.05) is 80.6 Å². The van der Waals surface area contributed by atoms with E-state index in [-0.39, 0.29) is 10.8 Å². The van der Waals surface area contributed by atoms with Crippen LogP contribution in [-0.2, 0) is 10.8 Å². The third kappa shape index (κ3) is 3.01. The smallest absolute Gasteiger partial charge is 0.409 e. The Morgan fingerprint density at radius 2 is 1.39 bits per heavy atom. The van der Waals surface area contributed by atoms with E-state index >= 15 is 0 Å². The highest BCUT2D eigenvalue weighted by Crippen LogP contribution is 2.55. The SMILES string of the molecule is C[C@@]1(c2ccccc2)CCN2CC[C@](C)(c3ccccc3)c3ccc(NC(=O)O)c1c32. The molecule has 0 unspecified atom stereocenters. The summed E-state index contributed by atoms with van der Waals surface area (Å²) < 4.78 is 0. The average molecular weight is 413 g/mol. The van der Waals surface area contributed by atoms with Crippen molar-refractivity contribution >= 4 is 17.5 Å². The monoisotopic (exact) mass is 412 g/mol. The standard InChI is InChI=1S/C27H28N2O2/c1-26(19-9-5-3-6-10-19)15-17-29-18-16-27(2,20-11-7-4-8-12-20)23-22(28-25(30)31)14-13-21(26)24(23)29/h3-14,28H,15-18H2,1-2H3,(H,30,31)/t26-,27+/m1/s1. The fourth-order valence-electron chi connectivity index (χ4n) is 5.66. The summed E-state index contributed by atoms with van der Waals surface area (Å²) >= 11 is 0. The molecule has 0 aliphatic carbocycles. The van der Waals surface area contributed by atoms with Gasteiger partial charge in [-0.05, 0) is 35.6 Å². The van der Waals surface area contributed by atoms with Crippen molar-refractivity contribution < 1.29 is 9.90 Å². The molecule has 0 saturated carbocycles. The number of carbonyl (C=O) groups is 1. The minimum Gasteiger partial charge on any atom is -0.465 e. The van der Waals surface area contributed by atoms with E-state index in [2.05, 4.69) is 84.7 Å². The second kappa shape index (κ2) is 7.16. The van der Waals surface area contributed by atoms with Gasteiger partial charge in [0.25, 0.3) is 0 Å². The van der Waals surface area contributed by atoms with Crippen LogP contribution in [0.25, 0.3) is 0 Å². The molecule has 2 atom stereocenters. The van der Waals surface area contributed by atoms with Crippen molar-refractivity contribution in [2.24, 2.45) is 0 Å². The van der Waals surface area contributed by atoms with Gasteiger partial charge in [-0.2, -0.15) is 0 Å². The molecule has 2 heterocycles. The van der Waals surface area contributed by atoms with E-state index in [0.717, 1.165) is 31.5 Å². The van der Waals surface area contributed by atoms with Gasteiger partial charge in [0.2, 0.25) is 0 Å². The molecule has 2 N–H and O–H groups in total. The van der Waals surface area contributed by atoms with E-state index in [0.29, 0.717) is 5.69 Å². The molecular weight excluding hydrogens is 384 g/mol. The van der Waals surface area contributed by atoms with Gasteiger partial charge in [-0.25, -0.2) is 4.79 Å². The van der Waals surface area contributed by atoms with E-state index < -0.39 is 6.09 Å². The number of nitrogens with zero attached hydrogens (tertiary/aromatic N) is 1. The topological polar surface area (TPSA) is 52.6 Å². The summed E-state index contributed by atoms with van der Waals surface area (Å²) in [5.74, 6) is 0. The first kappa shape index (κ1) is 19.7. The maximum Gasteiger partial charge on any atom is 0.409 e. The highest BCUT2D eigenvalue weighted by Gasteiger charge is 2.45. The normalized spacial score (nSPS) is 24.4. The molecule has 31 heavy (non-hydrogen) atoms. The molecule has 2 aliphatic heterocycles.